The Bertz CT molecular complexity index is 488. The summed E-state index contributed by atoms with van der Waals surface area (Å²) in [6, 6.07) is 1.77. The standard InChI is InChI=1S/C15H23N3O3/c1-10-8-18(9-11(2)20-10)6-5-16-15(19)13-7-14(21-17-13)12-3-4-12/h7,10-12H,3-6,8-9H2,1-2H3,(H,16,19)/t10-,11+. The Balaban J connectivity index is 1.42. The van der Waals surface area contributed by atoms with Crippen LogP contribution in [0.15, 0.2) is 10.6 Å². The van der Waals surface area contributed by atoms with Gasteiger partial charge in [-0.1, -0.05) is 5.16 Å². The molecule has 1 saturated carbocycles. The van der Waals surface area contributed by atoms with Crippen LogP contribution in [0.4, 0.5) is 0 Å². The van der Waals surface area contributed by atoms with E-state index in [1.165, 1.54) is 0 Å². The van der Waals surface area contributed by atoms with Crippen LogP contribution < -0.4 is 5.32 Å². The van der Waals surface area contributed by atoms with E-state index in [2.05, 4.69) is 29.2 Å². The van der Waals surface area contributed by atoms with Crippen LogP contribution in [0.1, 0.15) is 48.9 Å². The van der Waals surface area contributed by atoms with E-state index in [9.17, 15) is 4.79 Å². The first kappa shape index (κ1) is 14.5. The average Bonchev–Trinajstić information content (AvgIpc) is 3.15. The van der Waals surface area contributed by atoms with E-state index in [1.807, 2.05) is 0 Å². The van der Waals surface area contributed by atoms with Gasteiger partial charge in [-0.05, 0) is 26.7 Å². The highest BCUT2D eigenvalue weighted by Gasteiger charge is 2.29. The first-order valence-electron chi connectivity index (χ1n) is 7.74. The molecular weight excluding hydrogens is 270 g/mol. The zero-order chi connectivity index (χ0) is 14.8. The third kappa shape index (κ3) is 3.83. The summed E-state index contributed by atoms with van der Waals surface area (Å²) in [6.07, 6.45) is 2.79. The summed E-state index contributed by atoms with van der Waals surface area (Å²) in [6.45, 7) is 7.43. The Morgan fingerprint density at radius 1 is 1.38 bits per heavy atom. The number of aromatic nitrogens is 1. The smallest absolute Gasteiger partial charge is 0.273 e. The van der Waals surface area contributed by atoms with Gasteiger partial charge in [-0.2, -0.15) is 0 Å². The summed E-state index contributed by atoms with van der Waals surface area (Å²) in [4.78, 5) is 14.3. The van der Waals surface area contributed by atoms with Crippen molar-refractivity contribution >= 4 is 5.91 Å². The molecule has 0 spiro atoms. The Labute approximate surface area is 124 Å². The quantitative estimate of drug-likeness (QED) is 0.888. The van der Waals surface area contributed by atoms with Crippen molar-refractivity contribution in [1.82, 2.24) is 15.4 Å². The lowest BCUT2D eigenvalue weighted by Crippen LogP contribution is -2.47. The minimum Gasteiger partial charge on any atom is -0.373 e. The second kappa shape index (κ2) is 6.15. The first-order chi connectivity index (χ1) is 10.1. The van der Waals surface area contributed by atoms with Crippen molar-refractivity contribution in [1.29, 1.82) is 0 Å². The number of hydrogen-bond donors (Lipinski definition) is 1. The molecule has 2 heterocycles. The van der Waals surface area contributed by atoms with Crippen molar-refractivity contribution in [2.75, 3.05) is 26.2 Å². The SMILES string of the molecule is C[C@@H]1CN(CCNC(=O)c2cc(C3CC3)on2)C[C@H](C)O1. The molecular formula is C15H23N3O3. The summed E-state index contributed by atoms with van der Waals surface area (Å²) in [7, 11) is 0. The summed E-state index contributed by atoms with van der Waals surface area (Å²) >= 11 is 0. The molecule has 0 unspecified atom stereocenters. The second-order valence-corrected chi connectivity index (χ2v) is 6.16. The van der Waals surface area contributed by atoms with Gasteiger partial charge in [0.1, 0.15) is 5.76 Å². The van der Waals surface area contributed by atoms with Gasteiger partial charge in [-0.25, -0.2) is 0 Å². The zero-order valence-electron chi connectivity index (χ0n) is 12.7. The summed E-state index contributed by atoms with van der Waals surface area (Å²) in [5, 5.41) is 6.75. The molecule has 6 heteroatoms. The van der Waals surface area contributed by atoms with Gasteiger partial charge in [0.05, 0.1) is 12.2 Å². The Hall–Kier alpha value is -1.40. The van der Waals surface area contributed by atoms with Gasteiger partial charge in [0, 0.05) is 38.2 Å². The average molecular weight is 293 g/mol. The Kier molecular flexibility index (Phi) is 4.26. The van der Waals surface area contributed by atoms with Crippen molar-refractivity contribution in [2.24, 2.45) is 0 Å². The highest BCUT2D eigenvalue weighted by molar-refractivity contribution is 5.92. The molecule has 0 radical (unpaired) electrons. The minimum atomic E-state index is -0.153. The largest absolute Gasteiger partial charge is 0.373 e. The van der Waals surface area contributed by atoms with Crippen LogP contribution in [-0.2, 0) is 4.74 Å². The van der Waals surface area contributed by atoms with Gasteiger partial charge in [-0.3, -0.25) is 9.69 Å². The highest BCUT2D eigenvalue weighted by Crippen LogP contribution is 2.40. The van der Waals surface area contributed by atoms with Crippen LogP contribution in [0, 0.1) is 0 Å². The number of hydrogen-bond acceptors (Lipinski definition) is 5. The van der Waals surface area contributed by atoms with Crippen LogP contribution >= 0.6 is 0 Å². The number of nitrogens with zero attached hydrogens (tertiary/aromatic N) is 2. The highest BCUT2D eigenvalue weighted by atomic mass is 16.5. The van der Waals surface area contributed by atoms with Crippen LogP contribution in [0.5, 0.6) is 0 Å². The van der Waals surface area contributed by atoms with Gasteiger partial charge in [0.15, 0.2) is 5.69 Å². The lowest BCUT2D eigenvalue weighted by Gasteiger charge is -2.35. The minimum absolute atomic E-state index is 0.153. The summed E-state index contributed by atoms with van der Waals surface area (Å²) in [5.41, 5.74) is 0.389. The van der Waals surface area contributed by atoms with Crippen molar-refractivity contribution < 1.29 is 14.1 Å². The Morgan fingerprint density at radius 3 is 2.76 bits per heavy atom. The molecule has 0 bridgehead atoms. The molecule has 2 atom stereocenters. The van der Waals surface area contributed by atoms with E-state index in [1.54, 1.807) is 6.07 Å². The summed E-state index contributed by atoms with van der Waals surface area (Å²) < 4.78 is 10.9. The van der Waals surface area contributed by atoms with Crippen LogP contribution in [-0.4, -0.2) is 54.4 Å². The normalized spacial score (nSPS) is 26.8. The monoisotopic (exact) mass is 293 g/mol. The van der Waals surface area contributed by atoms with Crippen LogP contribution in [0.3, 0.4) is 0 Å². The number of morpholine rings is 1. The topological polar surface area (TPSA) is 67.6 Å². The number of carbonyl (C=O) groups is 1. The lowest BCUT2D eigenvalue weighted by molar-refractivity contribution is -0.0672. The molecule has 3 rings (SSSR count). The number of amides is 1. The maximum absolute atomic E-state index is 12.0. The fourth-order valence-electron chi connectivity index (χ4n) is 2.84. The third-order valence-corrected chi connectivity index (χ3v) is 3.95. The second-order valence-electron chi connectivity index (χ2n) is 6.16. The van der Waals surface area contributed by atoms with Crippen molar-refractivity contribution in [3.05, 3.63) is 17.5 Å². The van der Waals surface area contributed by atoms with Gasteiger partial charge in [0.2, 0.25) is 0 Å². The van der Waals surface area contributed by atoms with Crippen molar-refractivity contribution in [2.45, 2.75) is 44.8 Å². The molecule has 1 N–H and O–H groups in total. The fraction of sp³-hybridized carbons (Fsp3) is 0.733. The van der Waals surface area contributed by atoms with Crippen LogP contribution in [0.25, 0.3) is 0 Å². The molecule has 1 aromatic heterocycles. The molecule has 1 aliphatic heterocycles. The molecule has 21 heavy (non-hydrogen) atoms. The maximum atomic E-state index is 12.0. The predicted octanol–water partition coefficient (Wildman–Crippen LogP) is 1.39. The van der Waals surface area contributed by atoms with Crippen LogP contribution in [0.2, 0.25) is 0 Å². The molecule has 1 amide bonds. The maximum Gasteiger partial charge on any atom is 0.273 e. The fourth-order valence-corrected chi connectivity index (χ4v) is 2.84. The van der Waals surface area contributed by atoms with Gasteiger partial charge in [-0.15, -0.1) is 0 Å². The molecule has 2 fully saturated rings. The van der Waals surface area contributed by atoms with E-state index in [0.717, 1.165) is 38.2 Å². The van der Waals surface area contributed by atoms with Crippen molar-refractivity contribution in [3.8, 4) is 0 Å². The molecule has 116 valence electrons. The van der Waals surface area contributed by atoms with E-state index >= 15 is 0 Å². The number of rotatable bonds is 5. The molecule has 0 aromatic carbocycles. The summed E-state index contributed by atoms with van der Waals surface area (Å²) in [5.74, 6) is 1.17. The van der Waals surface area contributed by atoms with Gasteiger partial charge in [0.25, 0.3) is 5.91 Å². The van der Waals surface area contributed by atoms with Gasteiger partial charge < -0.3 is 14.6 Å². The van der Waals surface area contributed by atoms with E-state index in [4.69, 9.17) is 9.26 Å². The molecule has 1 aliphatic carbocycles. The van der Waals surface area contributed by atoms with Crippen molar-refractivity contribution in [3.63, 3.8) is 0 Å². The van der Waals surface area contributed by atoms with E-state index in [0.29, 0.717) is 18.2 Å². The number of carbonyl (C=O) groups excluding carboxylic acids is 1. The number of nitrogens with one attached hydrogen (secondary N) is 1. The third-order valence-electron chi connectivity index (χ3n) is 3.95. The number of ether oxygens (including phenoxy) is 1. The molecule has 1 saturated heterocycles. The van der Waals surface area contributed by atoms with Gasteiger partial charge >= 0.3 is 0 Å². The molecule has 1 aromatic rings. The zero-order valence-corrected chi connectivity index (χ0v) is 12.7. The molecule has 6 nitrogen and oxygen atoms in total. The first-order valence-corrected chi connectivity index (χ1v) is 7.74. The van der Waals surface area contributed by atoms with E-state index in [-0.39, 0.29) is 18.1 Å². The van der Waals surface area contributed by atoms with E-state index < -0.39 is 0 Å². The lowest BCUT2D eigenvalue weighted by atomic mass is 10.2. The predicted molar refractivity (Wildman–Crippen MR) is 77.3 cm³/mol. The molecule has 2 aliphatic rings. The Morgan fingerprint density at radius 2 is 2.10 bits per heavy atom.